The van der Waals surface area contributed by atoms with Gasteiger partial charge in [-0.2, -0.15) is 0 Å². The standard InChI is InChI=1S/C16H23N5O3S/c1-16(2,3)24-15(23)20-8-11(9-20)21-7-10-6-17-13(25-5)18-12(10)19(4)14(21)22/h6,11H,7-9H2,1-5H3. The smallest absolute Gasteiger partial charge is 0.410 e. The minimum atomic E-state index is -0.519. The van der Waals surface area contributed by atoms with E-state index < -0.39 is 5.60 Å². The van der Waals surface area contributed by atoms with Gasteiger partial charge in [-0.25, -0.2) is 19.6 Å². The van der Waals surface area contributed by atoms with Crippen LogP contribution < -0.4 is 4.90 Å². The van der Waals surface area contributed by atoms with Crippen LogP contribution in [0.4, 0.5) is 15.4 Å². The zero-order valence-corrected chi connectivity index (χ0v) is 16.0. The second kappa shape index (κ2) is 6.36. The summed E-state index contributed by atoms with van der Waals surface area (Å²) in [6, 6.07) is -0.122. The van der Waals surface area contributed by atoms with E-state index in [1.807, 2.05) is 27.0 Å². The number of carbonyl (C=O) groups is 2. The number of hydrogen-bond donors (Lipinski definition) is 0. The molecule has 2 aliphatic rings. The van der Waals surface area contributed by atoms with Crippen molar-refractivity contribution in [3.63, 3.8) is 0 Å². The maximum Gasteiger partial charge on any atom is 0.410 e. The number of carbonyl (C=O) groups excluding carboxylic acids is 2. The SMILES string of the molecule is CSc1ncc2c(n1)N(C)C(=O)N(C1CN(C(=O)OC(C)(C)C)C1)C2. The summed E-state index contributed by atoms with van der Waals surface area (Å²) < 4.78 is 5.36. The van der Waals surface area contributed by atoms with E-state index in [1.165, 1.54) is 11.8 Å². The highest BCUT2D eigenvalue weighted by Gasteiger charge is 2.42. The molecule has 136 valence electrons. The number of nitrogens with zero attached hydrogens (tertiary/aromatic N) is 5. The normalized spacial score (nSPS) is 18.1. The Bertz CT molecular complexity index is 700. The number of rotatable bonds is 2. The summed E-state index contributed by atoms with van der Waals surface area (Å²) in [7, 11) is 1.72. The molecule has 0 atom stereocenters. The van der Waals surface area contributed by atoms with Crippen molar-refractivity contribution in [2.45, 2.75) is 44.1 Å². The number of urea groups is 1. The zero-order valence-electron chi connectivity index (χ0n) is 15.1. The molecular formula is C16H23N5O3S. The molecule has 3 rings (SSSR count). The van der Waals surface area contributed by atoms with Gasteiger partial charge in [0.2, 0.25) is 0 Å². The fourth-order valence-electron chi connectivity index (χ4n) is 2.83. The molecule has 0 aliphatic carbocycles. The van der Waals surface area contributed by atoms with E-state index >= 15 is 0 Å². The molecule has 0 saturated carbocycles. The van der Waals surface area contributed by atoms with Crippen molar-refractivity contribution in [3.05, 3.63) is 11.8 Å². The Kier molecular flexibility index (Phi) is 4.52. The molecule has 0 radical (unpaired) electrons. The average molecular weight is 365 g/mol. The predicted octanol–water partition coefficient (Wildman–Crippen LogP) is 2.19. The van der Waals surface area contributed by atoms with Crippen LogP contribution in [0.2, 0.25) is 0 Å². The van der Waals surface area contributed by atoms with Crippen molar-refractivity contribution in [2.75, 3.05) is 31.3 Å². The first-order valence-corrected chi connectivity index (χ1v) is 9.34. The van der Waals surface area contributed by atoms with Crippen molar-refractivity contribution >= 4 is 29.7 Å². The van der Waals surface area contributed by atoms with E-state index in [9.17, 15) is 9.59 Å². The number of amides is 3. The van der Waals surface area contributed by atoms with Crippen LogP contribution in [0.25, 0.3) is 0 Å². The van der Waals surface area contributed by atoms with E-state index in [4.69, 9.17) is 4.74 Å². The molecular weight excluding hydrogens is 342 g/mol. The molecule has 3 amide bonds. The third-order valence-electron chi connectivity index (χ3n) is 4.15. The van der Waals surface area contributed by atoms with E-state index in [0.717, 1.165) is 5.56 Å². The van der Waals surface area contributed by atoms with Crippen LogP contribution in [-0.2, 0) is 11.3 Å². The highest BCUT2D eigenvalue weighted by atomic mass is 32.2. The topological polar surface area (TPSA) is 78.9 Å². The van der Waals surface area contributed by atoms with Gasteiger partial charge in [0.15, 0.2) is 5.16 Å². The molecule has 9 heteroatoms. The summed E-state index contributed by atoms with van der Waals surface area (Å²) in [6.45, 7) is 6.93. The third kappa shape index (κ3) is 3.51. The molecule has 3 heterocycles. The van der Waals surface area contributed by atoms with Crippen LogP contribution >= 0.6 is 11.8 Å². The Morgan fingerprint density at radius 2 is 2.04 bits per heavy atom. The van der Waals surface area contributed by atoms with Crippen LogP contribution in [-0.4, -0.2) is 69.9 Å². The molecule has 2 aliphatic heterocycles. The van der Waals surface area contributed by atoms with Gasteiger partial charge in [0.05, 0.1) is 12.6 Å². The summed E-state index contributed by atoms with van der Waals surface area (Å²) in [5.41, 5.74) is 0.393. The largest absolute Gasteiger partial charge is 0.444 e. The number of thioether (sulfide) groups is 1. The fourth-order valence-corrected chi connectivity index (χ4v) is 3.17. The summed E-state index contributed by atoms with van der Waals surface area (Å²) in [5.74, 6) is 0.656. The molecule has 8 nitrogen and oxygen atoms in total. The van der Waals surface area contributed by atoms with Gasteiger partial charge in [-0.05, 0) is 27.0 Å². The van der Waals surface area contributed by atoms with E-state index in [-0.39, 0.29) is 18.2 Å². The minimum absolute atomic E-state index is 0.0177. The van der Waals surface area contributed by atoms with Crippen molar-refractivity contribution in [3.8, 4) is 0 Å². The molecule has 0 spiro atoms. The second-order valence-electron chi connectivity index (χ2n) is 7.21. The number of anilines is 1. The Morgan fingerprint density at radius 3 is 2.64 bits per heavy atom. The maximum absolute atomic E-state index is 12.7. The van der Waals surface area contributed by atoms with Crippen molar-refractivity contribution in [2.24, 2.45) is 0 Å². The molecule has 1 aromatic heterocycles. The van der Waals surface area contributed by atoms with Gasteiger partial charge in [-0.15, -0.1) is 0 Å². The monoisotopic (exact) mass is 365 g/mol. The summed E-state index contributed by atoms with van der Waals surface area (Å²) >= 11 is 1.44. The third-order valence-corrected chi connectivity index (χ3v) is 4.71. The van der Waals surface area contributed by atoms with Crippen LogP contribution in [0.1, 0.15) is 26.3 Å². The minimum Gasteiger partial charge on any atom is -0.444 e. The Labute approximate surface area is 151 Å². The van der Waals surface area contributed by atoms with E-state index in [2.05, 4.69) is 9.97 Å². The molecule has 1 fully saturated rings. The first kappa shape index (κ1) is 17.8. The van der Waals surface area contributed by atoms with E-state index in [1.54, 1.807) is 27.9 Å². The van der Waals surface area contributed by atoms with Crippen molar-refractivity contribution in [1.82, 2.24) is 19.8 Å². The van der Waals surface area contributed by atoms with E-state index in [0.29, 0.717) is 30.6 Å². The zero-order chi connectivity index (χ0) is 18.4. The molecule has 0 N–H and O–H groups in total. The lowest BCUT2D eigenvalue weighted by atomic mass is 10.1. The quantitative estimate of drug-likeness (QED) is 0.590. The molecule has 1 aromatic rings. The van der Waals surface area contributed by atoms with Crippen LogP contribution in [0, 0.1) is 0 Å². The van der Waals surface area contributed by atoms with Gasteiger partial charge in [0.25, 0.3) is 0 Å². The molecule has 0 aromatic carbocycles. The molecule has 1 saturated heterocycles. The van der Waals surface area contributed by atoms with Gasteiger partial charge >= 0.3 is 12.1 Å². The summed E-state index contributed by atoms with van der Waals surface area (Å²) in [5, 5.41) is 0.645. The lowest BCUT2D eigenvalue weighted by Gasteiger charge is -2.47. The average Bonchev–Trinajstić information content (AvgIpc) is 2.48. The van der Waals surface area contributed by atoms with Gasteiger partial charge in [-0.1, -0.05) is 11.8 Å². The molecule has 25 heavy (non-hydrogen) atoms. The number of ether oxygens (including phenoxy) is 1. The number of aromatic nitrogens is 2. The van der Waals surface area contributed by atoms with Crippen LogP contribution in [0.15, 0.2) is 11.4 Å². The number of likely N-dealkylation sites (tertiary alicyclic amines) is 1. The van der Waals surface area contributed by atoms with Crippen LogP contribution in [0.5, 0.6) is 0 Å². The molecule has 0 unspecified atom stereocenters. The Hall–Kier alpha value is -2.03. The van der Waals surface area contributed by atoms with Crippen molar-refractivity contribution < 1.29 is 14.3 Å². The van der Waals surface area contributed by atoms with Gasteiger partial charge < -0.3 is 14.5 Å². The van der Waals surface area contributed by atoms with Gasteiger partial charge in [0.1, 0.15) is 11.4 Å². The highest BCUT2D eigenvalue weighted by Crippen LogP contribution is 2.30. The Balaban J connectivity index is 1.67. The molecule has 0 bridgehead atoms. The predicted molar refractivity (Wildman–Crippen MR) is 94.8 cm³/mol. The Morgan fingerprint density at radius 1 is 1.36 bits per heavy atom. The number of fused-ring (bicyclic) bond motifs is 1. The van der Waals surface area contributed by atoms with Gasteiger partial charge in [-0.3, -0.25) is 4.90 Å². The maximum atomic E-state index is 12.7. The van der Waals surface area contributed by atoms with Crippen molar-refractivity contribution in [1.29, 1.82) is 0 Å². The van der Waals surface area contributed by atoms with Gasteiger partial charge in [0, 0.05) is 31.9 Å². The summed E-state index contributed by atoms with van der Waals surface area (Å²) in [4.78, 5) is 38.4. The van der Waals surface area contributed by atoms with Crippen LogP contribution in [0.3, 0.4) is 0 Å². The summed E-state index contributed by atoms with van der Waals surface area (Å²) in [6.07, 6.45) is 3.34. The first-order chi connectivity index (χ1) is 11.7. The number of hydrogen-bond acceptors (Lipinski definition) is 6. The fraction of sp³-hybridized carbons (Fsp3) is 0.625. The second-order valence-corrected chi connectivity index (χ2v) is 7.99. The first-order valence-electron chi connectivity index (χ1n) is 8.12. The lowest BCUT2D eigenvalue weighted by Crippen LogP contribution is -2.65. The lowest BCUT2D eigenvalue weighted by molar-refractivity contribution is -0.00953. The highest BCUT2D eigenvalue weighted by molar-refractivity contribution is 7.98.